The maximum absolute atomic E-state index is 12.0. The summed E-state index contributed by atoms with van der Waals surface area (Å²) in [6.45, 7) is 2.56. The predicted molar refractivity (Wildman–Crippen MR) is 44.4 cm³/mol. The van der Waals surface area contributed by atoms with Crippen molar-refractivity contribution in [1.29, 1.82) is 5.26 Å². The fourth-order valence-electron chi connectivity index (χ4n) is 1.39. The Kier molecular flexibility index (Phi) is 3.45. The zero-order valence-corrected chi connectivity index (χ0v) is 7.33. The Bertz CT molecular complexity index is 178. The van der Waals surface area contributed by atoms with E-state index in [4.69, 9.17) is 5.26 Å². The molecule has 0 spiro atoms. The quantitative estimate of drug-likeness (QED) is 0.590. The number of hydrogen-bond donors (Lipinski definition) is 0. The molecule has 3 nitrogen and oxygen atoms in total. The molecule has 0 bridgehead atoms. The van der Waals surface area contributed by atoms with Crippen molar-refractivity contribution in [3.63, 3.8) is 0 Å². The van der Waals surface area contributed by atoms with Crippen LogP contribution in [0.2, 0.25) is 0 Å². The van der Waals surface area contributed by atoms with E-state index in [1.54, 1.807) is 0 Å². The lowest BCUT2D eigenvalue weighted by Crippen LogP contribution is -2.51. The third kappa shape index (κ3) is 2.16. The van der Waals surface area contributed by atoms with Crippen LogP contribution in [0.3, 0.4) is 0 Å². The molecule has 1 aliphatic heterocycles. The molecule has 0 aromatic rings. The largest absolute Gasteiger partial charge is 0.297 e. The lowest BCUT2D eigenvalue weighted by Gasteiger charge is -2.35. The lowest BCUT2D eigenvalue weighted by molar-refractivity contribution is 0.116. The van der Waals surface area contributed by atoms with E-state index in [1.165, 1.54) is 0 Å². The Morgan fingerprint density at radius 3 is 2.92 bits per heavy atom. The molecule has 1 saturated heterocycles. The van der Waals surface area contributed by atoms with Gasteiger partial charge in [-0.1, -0.05) is 0 Å². The maximum atomic E-state index is 12.0. The molecule has 0 saturated carbocycles. The standard InChI is InChI=1S/C8H14FN3/c1-11-4-5-12(3-2-9)7-8(11)6-10/h8H,2-5,7H2,1H3. The SMILES string of the molecule is CN1CCN(CCF)CC1C#N. The van der Waals surface area contributed by atoms with Crippen molar-refractivity contribution < 1.29 is 4.39 Å². The Hall–Kier alpha value is -0.660. The van der Waals surface area contributed by atoms with Gasteiger partial charge in [-0.2, -0.15) is 5.26 Å². The van der Waals surface area contributed by atoms with Crippen molar-refractivity contribution in [3.8, 4) is 6.07 Å². The summed E-state index contributed by atoms with van der Waals surface area (Å²) in [7, 11) is 1.93. The van der Waals surface area contributed by atoms with Crippen LogP contribution in [0.1, 0.15) is 0 Å². The Labute approximate surface area is 72.4 Å². The first-order valence-corrected chi connectivity index (χ1v) is 4.16. The molecule has 0 radical (unpaired) electrons. The third-order valence-corrected chi connectivity index (χ3v) is 2.28. The van der Waals surface area contributed by atoms with Gasteiger partial charge in [0.1, 0.15) is 12.7 Å². The minimum absolute atomic E-state index is 0.0645. The number of rotatable bonds is 2. The van der Waals surface area contributed by atoms with Gasteiger partial charge >= 0.3 is 0 Å². The van der Waals surface area contributed by atoms with Crippen LogP contribution in [-0.4, -0.2) is 55.7 Å². The van der Waals surface area contributed by atoms with Crippen LogP contribution < -0.4 is 0 Å². The Morgan fingerprint density at radius 2 is 2.33 bits per heavy atom. The lowest BCUT2D eigenvalue weighted by atomic mass is 10.2. The molecule has 0 amide bonds. The molecular formula is C8H14FN3. The van der Waals surface area contributed by atoms with Crippen LogP contribution in [0, 0.1) is 11.3 Å². The van der Waals surface area contributed by atoms with E-state index in [0.29, 0.717) is 13.1 Å². The molecule has 4 heteroatoms. The molecule has 0 aliphatic carbocycles. The predicted octanol–water partition coefficient (Wildman–Crippen LogP) is 0.0955. The fourth-order valence-corrected chi connectivity index (χ4v) is 1.39. The molecule has 0 N–H and O–H groups in total. The summed E-state index contributed by atoms with van der Waals surface area (Å²) in [6, 6.07) is 2.14. The first-order valence-electron chi connectivity index (χ1n) is 4.16. The monoisotopic (exact) mass is 171 g/mol. The van der Waals surface area contributed by atoms with Crippen molar-refractivity contribution >= 4 is 0 Å². The summed E-state index contributed by atoms with van der Waals surface area (Å²) in [4.78, 5) is 4.00. The van der Waals surface area contributed by atoms with Crippen molar-refractivity contribution in [3.05, 3.63) is 0 Å². The van der Waals surface area contributed by atoms with Gasteiger partial charge in [-0.25, -0.2) is 4.39 Å². The molecule has 1 unspecified atom stereocenters. The highest BCUT2D eigenvalue weighted by molar-refractivity contribution is 4.95. The molecule has 1 fully saturated rings. The molecule has 12 heavy (non-hydrogen) atoms. The number of likely N-dealkylation sites (N-methyl/N-ethyl adjacent to an activating group) is 1. The Balaban J connectivity index is 2.40. The minimum atomic E-state index is -0.318. The number of piperazine rings is 1. The van der Waals surface area contributed by atoms with E-state index in [-0.39, 0.29) is 12.7 Å². The van der Waals surface area contributed by atoms with Gasteiger partial charge in [-0.05, 0) is 7.05 Å². The fraction of sp³-hybridized carbons (Fsp3) is 0.875. The zero-order valence-electron chi connectivity index (χ0n) is 7.33. The first-order chi connectivity index (χ1) is 5.77. The van der Waals surface area contributed by atoms with Crippen LogP contribution in [-0.2, 0) is 0 Å². The van der Waals surface area contributed by atoms with Gasteiger partial charge in [0.15, 0.2) is 0 Å². The molecule has 1 heterocycles. The maximum Gasteiger partial charge on any atom is 0.110 e. The highest BCUT2D eigenvalue weighted by Gasteiger charge is 2.23. The van der Waals surface area contributed by atoms with E-state index in [9.17, 15) is 4.39 Å². The molecular weight excluding hydrogens is 157 g/mol. The molecule has 1 atom stereocenters. The summed E-state index contributed by atoms with van der Waals surface area (Å²) in [6.07, 6.45) is 0. The van der Waals surface area contributed by atoms with E-state index >= 15 is 0 Å². The van der Waals surface area contributed by atoms with E-state index in [2.05, 4.69) is 6.07 Å². The minimum Gasteiger partial charge on any atom is -0.297 e. The highest BCUT2D eigenvalue weighted by atomic mass is 19.1. The van der Waals surface area contributed by atoms with E-state index in [0.717, 1.165) is 13.1 Å². The summed E-state index contributed by atoms with van der Waals surface area (Å²) in [5.41, 5.74) is 0. The van der Waals surface area contributed by atoms with Crippen LogP contribution in [0.4, 0.5) is 4.39 Å². The average Bonchev–Trinajstić information content (AvgIpc) is 2.09. The average molecular weight is 171 g/mol. The second kappa shape index (κ2) is 4.39. The second-order valence-corrected chi connectivity index (χ2v) is 3.12. The highest BCUT2D eigenvalue weighted by Crippen LogP contribution is 2.05. The number of halogens is 1. The third-order valence-electron chi connectivity index (χ3n) is 2.28. The summed E-state index contributed by atoms with van der Waals surface area (Å²) in [5.74, 6) is 0. The van der Waals surface area contributed by atoms with Crippen LogP contribution in [0.5, 0.6) is 0 Å². The van der Waals surface area contributed by atoms with Gasteiger partial charge in [0, 0.05) is 26.2 Å². The van der Waals surface area contributed by atoms with Gasteiger partial charge in [-0.3, -0.25) is 9.80 Å². The molecule has 1 aliphatic rings. The first kappa shape index (κ1) is 9.43. The molecule has 68 valence electrons. The van der Waals surface area contributed by atoms with Crippen LogP contribution in [0.25, 0.3) is 0 Å². The van der Waals surface area contributed by atoms with E-state index < -0.39 is 0 Å². The van der Waals surface area contributed by atoms with Crippen molar-refractivity contribution in [2.24, 2.45) is 0 Å². The molecule has 0 aromatic heterocycles. The second-order valence-electron chi connectivity index (χ2n) is 3.12. The molecule has 0 aromatic carbocycles. The Morgan fingerprint density at radius 1 is 1.58 bits per heavy atom. The van der Waals surface area contributed by atoms with Gasteiger partial charge in [0.25, 0.3) is 0 Å². The smallest absolute Gasteiger partial charge is 0.110 e. The van der Waals surface area contributed by atoms with Crippen LogP contribution >= 0.6 is 0 Å². The number of hydrogen-bond acceptors (Lipinski definition) is 3. The number of alkyl halides is 1. The van der Waals surface area contributed by atoms with Crippen LogP contribution in [0.15, 0.2) is 0 Å². The number of nitriles is 1. The topological polar surface area (TPSA) is 30.3 Å². The summed E-state index contributed by atoms with van der Waals surface area (Å²) < 4.78 is 12.0. The number of nitrogens with zero attached hydrogens (tertiary/aromatic N) is 3. The normalized spacial score (nSPS) is 26.9. The van der Waals surface area contributed by atoms with Crippen molar-refractivity contribution in [1.82, 2.24) is 9.80 Å². The summed E-state index contributed by atoms with van der Waals surface area (Å²) >= 11 is 0. The van der Waals surface area contributed by atoms with Crippen molar-refractivity contribution in [2.75, 3.05) is 39.9 Å². The molecule has 1 rings (SSSR count). The van der Waals surface area contributed by atoms with Gasteiger partial charge < -0.3 is 0 Å². The van der Waals surface area contributed by atoms with Gasteiger partial charge in [0.2, 0.25) is 0 Å². The van der Waals surface area contributed by atoms with E-state index in [1.807, 2.05) is 16.8 Å². The van der Waals surface area contributed by atoms with Crippen molar-refractivity contribution in [2.45, 2.75) is 6.04 Å². The zero-order chi connectivity index (χ0) is 8.97. The van der Waals surface area contributed by atoms with Gasteiger partial charge in [0.05, 0.1) is 6.07 Å². The van der Waals surface area contributed by atoms with Gasteiger partial charge in [-0.15, -0.1) is 0 Å². The summed E-state index contributed by atoms with van der Waals surface area (Å²) in [5, 5.41) is 8.74.